The standard InChI is InChI=1S/C16H20BrNO4/c1-11(22-13-6-4-5-12(17)9-13)15(21)18-16(10-14(19)20)7-2-3-8-16/h4-6,9,11H,2-3,7-8,10H2,1H3,(H,18,21)(H,19,20). The molecule has 2 rings (SSSR count). The molecule has 2 N–H and O–H groups in total. The normalized spacial score (nSPS) is 17.7. The first kappa shape index (κ1) is 16.8. The lowest BCUT2D eigenvalue weighted by atomic mass is 9.93. The van der Waals surface area contributed by atoms with Crippen molar-refractivity contribution in [3.05, 3.63) is 28.7 Å². The molecule has 22 heavy (non-hydrogen) atoms. The van der Waals surface area contributed by atoms with Crippen LogP contribution in [0.2, 0.25) is 0 Å². The Morgan fingerprint density at radius 2 is 2.09 bits per heavy atom. The van der Waals surface area contributed by atoms with Crippen molar-refractivity contribution in [1.29, 1.82) is 0 Å². The number of benzene rings is 1. The first-order valence-electron chi connectivity index (χ1n) is 7.36. The molecule has 0 aliphatic heterocycles. The van der Waals surface area contributed by atoms with Gasteiger partial charge in [-0.15, -0.1) is 0 Å². The number of carboxylic acid groups (broad SMARTS) is 1. The van der Waals surface area contributed by atoms with E-state index in [-0.39, 0.29) is 12.3 Å². The largest absolute Gasteiger partial charge is 0.481 e. The van der Waals surface area contributed by atoms with E-state index in [4.69, 9.17) is 9.84 Å². The Hall–Kier alpha value is -1.56. The summed E-state index contributed by atoms with van der Waals surface area (Å²) in [5, 5.41) is 12.0. The van der Waals surface area contributed by atoms with E-state index in [1.807, 2.05) is 12.1 Å². The number of nitrogens with one attached hydrogen (secondary N) is 1. The highest BCUT2D eigenvalue weighted by Gasteiger charge is 2.38. The first-order chi connectivity index (χ1) is 10.4. The number of aliphatic carboxylic acids is 1. The smallest absolute Gasteiger partial charge is 0.305 e. The fourth-order valence-corrected chi connectivity index (χ4v) is 3.23. The van der Waals surface area contributed by atoms with Crippen LogP contribution in [0.15, 0.2) is 28.7 Å². The van der Waals surface area contributed by atoms with Crippen LogP contribution in [0.1, 0.15) is 39.0 Å². The topological polar surface area (TPSA) is 75.6 Å². The number of hydrogen-bond donors (Lipinski definition) is 2. The number of ether oxygens (including phenoxy) is 1. The predicted molar refractivity (Wildman–Crippen MR) is 85.8 cm³/mol. The summed E-state index contributed by atoms with van der Waals surface area (Å²) in [4.78, 5) is 23.4. The average Bonchev–Trinajstić information content (AvgIpc) is 2.85. The summed E-state index contributed by atoms with van der Waals surface area (Å²) in [6, 6.07) is 7.26. The Balaban J connectivity index is 1.99. The van der Waals surface area contributed by atoms with Gasteiger partial charge in [0.25, 0.3) is 5.91 Å². The third-order valence-corrected chi connectivity index (χ3v) is 4.41. The molecule has 0 bridgehead atoms. The van der Waals surface area contributed by atoms with Crippen molar-refractivity contribution < 1.29 is 19.4 Å². The zero-order valence-electron chi connectivity index (χ0n) is 12.5. The van der Waals surface area contributed by atoms with E-state index in [1.54, 1.807) is 19.1 Å². The van der Waals surface area contributed by atoms with Gasteiger partial charge in [-0.25, -0.2) is 0 Å². The molecule has 1 aromatic carbocycles. The van der Waals surface area contributed by atoms with E-state index >= 15 is 0 Å². The number of rotatable bonds is 6. The van der Waals surface area contributed by atoms with Crippen LogP contribution in [0.3, 0.4) is 0 Å². The van der Waals surface area contributed by atoms with Gasteiger partial charge in [0.1, 0.15) is 5.75 Å². The zero-order valence-corrected chi connectivity index (χ0v) is 14.1. The van der Waals surface area contributed by atoms with Crippen molar-refractivity contribution in [2.45, 2.75) is 50.7 Å². The maximum absolute atomic E-state index is 12.3. The van der Waals surface area contributed by atoms with Crippen molar-refractivity contribution in [2.24, 2.45) is 0 Å². The summed E-state index contributed by atoms with van der Waals surface area (Å²) in [6.45, 7) is 1.67. The molecule has 1 aliphatic rings. The highest BCUT2D eigenvalue weighted by molar-refractivity contribution is 9.10. The summed E-state index contributed by atoms with van der Waals surface area (Å²) in [5.74, 6) is -0.568. The fraction of sp³-hybridized carbons (Fsp3) is 0.500. The maximum Gasteiger partial charge on any atom is 0.305 e. The first-order valence-corrected chi connectivity index (χ1v) is 8.16. The lowest BCUT2D eigenvalue weighted by Gasteiger charge is -2.30. The molecule has 0 saturated heterocycles. The summed E-state index contributed by atoms with van der Waals surface area (Å²) >= 11 is 3.35. The van der Waals surface area contributed by atoms with Crippen LogP contribution in [0, 0.1) is 0 Å². The second-order valence-corrected chi connectivity index (χ2v) is 6.68. The van der Waals surface area contributed by atoms with Crippen molar-refractivity contribution in [2.75, 3.05) is 0 Å². The molecule has 1 aliphatic carbocycles. The Morgan fingerprint density at radius 1 is 1.41 bits per heavy atom. The van der Waals surface area contributed by atoms with Gasteiger partial charge in [0, 0.05) is 4.47 Å². The molecule has 0 spiro atoms. The van der Waals surface area contributed by atoms with Gasteiger partial charge in [0.15, 0.2) is 6.10 Å². The van der Waals surface area contributed by atoms with Gasteiger partial charge in [-0.05, 0) is 38.0 Å². The van der Waals surface area contributed by atoms with Gasteiger partial charge in [-0.2, -0.15) is 0 Å². The van der Waals surface area contributed by atoms with Gasteiger partial charge in [0.05, 0.1) is 12.0 Å². The molecule has 120 valence electrons. The number of carbonyl (C=O) groups excluding carboxylic acids is 1. The van der Waals surface area contributed by atoms with Crippen LogP contribution >= 0.6 is 15.9 Å². The second kappa shape index (κ2) is 7.13. The molecule has 5 nitrogen and oxygen atoms in total. The Bertz CT molecular complexity index is 555. The maximum atomic E-state index is 12.3. The number of carboxylic acids is 1. The third-order valence-electron chi connectivity index (χ3n) is 3.92. The van der Waals surface area contributed by atoms with Crippen LogP contribution < -0.4 is 10.1 Å². The Kier molecular flexibility index (Phi) is 5.45. The van der Waals surface area contributed by atoms with Crippen molar-refractivity contribution in [3.8, 4) is 5.75 Å². The monoisotopic (exact) mass is 369 g/mol. The van der Waals surface area contributed by atoms with Gasteiger partial charge in [0.2, 0.25) is 0 Å². The van der Waals surface area contributed by atoms with Crippen LogP contribution in [-0.4, -0.2) is 28.6 Å². The lowest BCUT2D eigenvalue weighted by molar-refractivity contribution is -0.139. The molecular formula is C16H20BrNO4. The number of carbonyl (C=O) groups is 2. The molecular weight excluding hydrogens is 350 g/mol. The van der Waals surface area contributed by atoms with Gasteiger partial charge in [-0.3, -0.25) is 9.59 Å². The Morgan fingerprint density at radius 3 is 2.68 bits per heavy atom. The second-order valence-electron chi connectivity index (χ2n) is 5.76. The summed E-state index contributed by atoms with van der Waals surface area (Å²) < 4.78 is 6.50. The summed E-state index contributed by atoms with van der Waals surface area (Å²) in [5.41, 5.74) is -0.627. The molecule has 0 radical (unpaired) electrons. The van der Waals surface area contributed by atoms with Gasteiger partial charge < -0.3 is 15.2 Å². The summed E-state index contributed by atoms with van der Waals surface area (Å²) in [7, 11) is 0. The van der Waals surface area contributed by atoms with Gasteiger partial charge in [-0.1, -0.05) is 34.8 Å². The number of halogens is 1. The molecule has 1 unspecified atom stereocenters. The summed E-state index contributed by atoms with van der Waals surface area (Å²) in [6.07, 6.45) is 2.56. The minimum Gasteiger partial charge on any atom is -0.481 e. The highest BCUT2D eigenvalue weighted by Crippen LogP contribution is 2.32. The van der Waals surface area contributed by atoms with Crippen LogP contribution in [0.4, 0.5) is 0 Å². The zero-order chi connectivity index (χ0) is 16.2. The number of hydrogen-bond acceptors (Lipinski definition) is 3. The van der Waals surface area contributed by atoms with Crippen molar-refractivity contribution in [1.82, 2.24) is 5.32 Å². The predicted octanol–water partition coefficient (Wildman–Crippen LogP) is 3.12. The number of amides is 1. The minimum absolute atomic E-state index is 0.0393. The molecule has 0 heterocycles. The quantitative estimate of drug-likeness (QED) is 0.807. The van der Waals surface area contributed by atoms with Crippen LogP contribution in [0.5, 0.6) is 5.75 Å². The molecule has 1 fully saturated rings. The minimum atomic E-state index is -0.886. The lowest BCUT2D eigenvalue weighted by Crippen LogP contribution is -2.51. The molecule has 0 aromatic heterocycles. The Labute approximate surface area is 138 Å². The average molecular weight is 370 g/mol. The van der Waals surface area contributed by atoms with E-state index in [0.717, 1.165) is 17.3 Å². The van der Waals surface area contributed by atoms with E-state index in [1.165, 1.54) is 0 Å². The van der Waals surface area contributed by atoms with Crippen molar-refractivity contribution in [3.63, 3.8) is 0 Å². The third kappa shape index (κ3) is 4.47. The molecule has 6 heteroatoms. The van der Waals surface area contributed by atoms with Crippen LogP contribution in [0.25, 0.3) is 0 Å². The molecule has 1 saturated carbocycles. The molecule has 1 aromatic rings. The van der Waals surface area contributed by atoms with Crippen molar-refractivity contribution >= 4 is 27.8 Å². The van der Waals surface area contributed by atoms with E-state index in [2.05, 4.69) is 21.2 Å². The highest BCUT2D eigenvalue weighted by atomic mass is 79.9. The molecule has 1 amide bonds. The van der Waals surface area contributed by atoms with E-state index in [0.29, 0.717) is 18.6 Å². The van der Waals surface area contributed by atoms with Gasteiger partial charge >= 0.3 is 5.97 Å². The van der Waals surface area contributed by atoms with E-state index in [9.17, 15) is 9.59 Å². The molecule has 1 atom stereocenters. The fourth-order valence-electron chi connectivity index (χ4n) is 2.85. The SMILES string of the molecule is CC(Oc1cccc(Br)c1)C(=O)NC1(CC(=O)O)CCCC1. The van der Waals surface area contributed by atoms with E-state index < -0.39 is 17.6 Å². The van der Waals surface area contributed by atoms with Crippen LogP contribution in [-0.2, 0) is 9.59 Å².